The van der Waals surface area contributed by atoms with Gasteiger partial charge in [-0.3, -0.25) is 0 Å². The van der Waals surface area contributed by atoms with Crippen LogP contribution in [0.1, 0.15) is 30.0 Å². The molecular formula is C17H18ClN3O2. The van der Waals surface area contributed by atoms with Gasteiger partial charge in [0.05, 0.1) is 18.4 Å². The van der Waals surface area contributed by atoms with E-state index in [9.17, 15) is 4.79 Å². The number of nitrogens with zero attached hydrogens (tertiary/aromatic N) is 3. The average molecular weight is 334 g/mol. The van der Waals surface area contributed by atoms with Crippen LogP contribution in [0.3, 0.4) is 0 Å². The van der Waals surface area contributed by atoms with Gasteiger partial charge in [0.2, 0.25) is 0 Å². The zero-order valence-corrected chi connectivity index (χ0v) is 13.7. The van der Waals surface area contributed by atoms with Crippen LogP contribution in [0.5, 0.6) is 0 Å². The molecule has 0 radical (unpaired) electrons. The topological polar surface area (TPSA) is 56.5 Å². The van der Waals surface area contributed by atoms with Crippen molar-refractivity contribution in [2.45, 2.75) is 20.2 Å². The van der Waals surface area contributed by atoms with E-state index in [0.29, 0.717) is 24.0 Å². The predicted octanol–water partition coefficient (Wildman–Crippen LogP) is 3.73. The Balaban J connectivity index is 0.000000249. The number of pyridine rings is 2. The number of esters is 1. The van der Waals surface area contributed by atoms with Crippen molar-refractivity contribution in [3.8, 4) is 0 Å². The first-order chi connectivity index (χ1) is 11.6. The Labute approximate surface area is 141 Å². The van der Waals surface area contributed by atoms with Crippen LogP contribution >= 0.6 is 11.6 Å². The number of aromatic nitrogens is 3. The number of methoxy groups -OCH3 is 1. The molecule has 3 aromatic rings. The normalized spacial score (nSPS) is 10.7. The molecule has 0 saturated carbocycles. The van der Waals surface area contributed by atoms with E-state index >= 15 is 0 Å². The van der Waals surface area contributed by atoms with E-state index in [0.717, 1.165) is 17.0 Å². The second-order valence-electron chi connectivity index (χ2n) is 4.68. The molecule has 0 aromatic carbocycles. The maximum absolute atomic E-state index is 11.4. The molecule has 0 aliphatic heterocycles. The molecule has 0 spiro atoms. The molecule has 0 amide bonds. The molecule has 120 valence electrons. The van der Waals surface area contributed by atoms with E-state index in [1.807, 2.05) is 23.5 Å². The van der Waals surface area contributed by atoms with Gasteiger partial charge in [-0.1, -0.05) is 24.6 Å². The van der Waals surface area contributed by atoms with Crippen LogP contribution in [0.25, 0.3) is 5.65 Å². The van der Waals surface area contributed by atoms with Crippen molar-refractivity contribution < 1.29 is 10.9 Å². The van der Waals surface area contributed by atoms with Crippen molar-refractivity contribution in [3.63, 3.8) is 0 Å². The molecule has 0 bridgehead atoms. The van der Waals surface area contributed by atoms with E-state index in [-0.39, 0.29) is 5.97 Å². The molecule has 0 atom stereocenters. The van der Waals surface area contributed by atoms with Gasteiger partial charge in [-0.25, -0.2) is 14.8 Å². The Morgan fingerprint density at radius 3 is 2.78 bits per heavy atom. The predicted molar refractivity (Wildman–Crippen MR) is 89.9 cm³/mol. The van der Waals surface area contributed by atoms with E-state index in [1.165, 1.54) is 7.11 Å². The standard InChI is InChI=1S/C12H14N2O2.C5H4ClN/c1-4-10-8(2)13-11-6-5-9(7-14(10)11)12(15)16-3;6-5-3-1-2-4-7-5/h5-7H,4H2,1-3H3;1-4H/i1T;. The van der Waals surface area contributed by atoms with Gasteiger partial charge in [0, 0.05) is 19.5 Å². The average Bonchev–Trinajstić information content (AvgIpc) is 2.91. The monoisotopic (exact) mass is 333 g/mol. The maximum atomic E-state index is 11.4. The molecule has 0 aliphatic carbocycles. The summed E-state index contributed by atoms with van der Waals surface area (Å²) in [5.74, 6) is -0.366. The molecule has 0 N–H and O–H groups in total. The number of hydrogen-bond acceptors (Lipinski definition) is 4. The van der Waals surface area contributed by atoms with Crippen LogP contribution in [0.15, 0.2) is 42.7 Å². The SMILES string of the molecule is Clc1ccccn1.[3H]CCc1c(C)nc2ccc(C(=O)OC)cn12. The Kier molecular flexibility index (Phi) is 5.21. The summed E-state index contributed by atoms with van der Waals surface area (Å²) < 4.78 is 13.8. The summed E-state index contributed by atoms with van der Waals surface area (Å²) in [5, 5.41) is 0.544. The highest BCUT2D eigenvalue weighted by atomic mass is 35.5. The number of carbonyl (C=O) groups is 1. The summed E-state index contributed by atoms with van der Waals surface area (Å²) in [6, 6.07) is 8.88. The van der Waals surface area contributed by atoms with Gasteiger partial charge in [0.15, 0.2) is 0 Å². The van der Waals surface area contributed by atoms with Crippen molar-refractivity contribution in [1.82, 2.24) is 14.4 Å². The fourth-order valence-electron chi connectivity index (χ4n) is 2.09. The first-order valence-corrected chi connectivity index (χ1v) is 7.36. The van der Waals surface area contributed by atoms with Gasteiger partial charge in [0.25, 0.3) is 0 Å². The van der Waals surface area contributed by atoms with Crippen LogP contribution in [-0.2, 0) is 11.2 Å². The third kappa shape index (κ3) is 4.07. The lowest BCUT2D eigenvalue weighted by Crippen LogP contribution is -2.03. The van der Waals surface area contributed by atoms with Crippen molar-refractivity contribution >= 4 is 23.2 Å². The number of aryl methyl sites for hydroxylation is 2. The van der Waals surface area contributed by atoms with E-state index in [4.69, 9.17) is 13.0 Å². The van der Waals surface area contributed by atoms with Crippen LogP contribution in [0.4, 0.5) is 0 Å². The molecule has 3 heterocycles. The number of rotatable bonds is 2. The fourth-order valence-corrected chi connectivity index (χ4v) is 2.22. The van der Waals surface area contributed by atoms with Crippen LogP contribution in [0.2, 0.25) is 5.15 Å². The second-order valence-corrected chi connectivity index (χ2v) is 5.07. The number of halogens is 1. The smallest absolute Gasteiger partial charge is 0.339 e. The molecule has 5 nitrogen and oxygen atoms in total. The number of imidazole rings is 1. The third-order valence-electron chi connectivity index (χ3n) is 3.20. The largest absolute Gasteiger partial charge is 0.465 e. The Hall–Kier alpha value is -2.40. The first-order valence-electron chi connectivity index (χ1n) is 7.69. The van der Waals surface area contributed by atoms with Crippen molar-refractivity contribution in [2.24, 2.45) is 0 Å². The number of ether oxygens (including phenoxy) is 1. The molecule has 3 rings (SSSR count). The third-order valence-corrected chi connectivity index (χ3v) is 3.43. The number of carbonyl (C=O) groups excluding carboxylic acids is 1. The minimum atomic E-state index is -0.366. The highest BCUT2D eigenvalue weighted by Crippen LogP contribution is 2.14. The van der Waals surface area contributed by atoms with E-state index in [1.54, 1.807) is 30.6 Å². The fraction of sp³-hybridized carbons (Fsp3) is 0.235. The van der Waals surface area contributed by atoms with E-state index < -0.39 is 0 Å². The van der Waals surface area contributed by atoms with Crippen molar-refractivity contribution in [1.29, 1.82) is 0 Å². The van der Waals surface area contributed by atoms with Crippen LogP contribution in [-0.4, -0.2) is 27.4 Å². The van der Waals surface area contributed by atoms with Gasteiger partial charge >= 0.3 is 5.97 Å². The molecule has 0 unspecified atom stereocenters. The summed E-state index contributed by atoms with van der Waals surface area (Å²) >= 11 is 5.43. The van der Waals surface area contributed by atoms with Crippen molar-refractivity contribution in [2.75, 3.05) is 7.11 Å². The Morgan fingerprint density at radius 2 is 2.22 bits per heavy atom. The van der Waals surface area contributed by atoms with Gasteiger partial charge in [-0.2, -0.15) is 0 Å². The zero-order chi connectivity index (χ0) is 17.5. The molecule has 23 heavy (non-hydrogen) atoms. The summed E-state index contributed by atoms with van der Waals surface area (Å²) in [6.07, 6.45) is 3.99. The lowest BCUT2D eigenvalue weighted by atomic mass is 10.2. The number of fused-ring (bicyclic) bond motifs is 1. The molecule has 0 aliphatic rings. The summed E-state index contributed by atoms with van der Waals surface area (Å²) in [7, 11) is 1.36. The molecule has 0 fully saturated rings. The quantitative estimate of drug-likeness (QED) is 0.529. The van der Waals surface area contributed by atoms with E-state index in [2.05, 4.69) is 14.7 Å². The molecule has 3 aromatic heterocycles. The minimum Gasteiger partial charge on any atom is -0.465 e. The van der Waals surface area contributed by atoms with Gasteiger partial charge < -0.3 is 9.14 Å². The van der Waals surface area contributed by atoms with Gasteiger partial charge in [-0.05, 0) is 37.6 Å². The van der Waals surface area contributed by atoms with Crippen molar-refractivity contribution in [3.05, 3.63) is 64.8 Å². The lowest BCUT2D eigenvalue weighted by molar-refractivity contribution is 0.0600. The zero-order valence-electron chi connectivity index (χ0n) is 14.0. The molecule has 6 heteroatoms. The second kappa shape index (κ2) is 7.74. The first kappa shape index (κ1) is 15.5. The van der Waals surface area contributed by atoms with Crippen LogP contribution in [0, 0.1) is 6.92 Å². The molecule has 0 saturated heterocycles. The Bertz CT molecular complexity index is 821. The molecular weight excluding hydrogens is 314 g/mol. The summed E-state index contributed by atoms with van der Waals surface area (Å²) in [5.41, 5.74) is 3.15. The maximum Gasteiger partial charge on any atom is 0.339 e. The van der Waals surface area contributed by atoms with Gasteiger partial charge in [-0.15, -0.1) is 0 Å². The Morgan fingerprint density at radius 1 is 1.39 bits per heavy atom. The van der Waals surface area contributed by atoms with Crippen LogP contribution < -0.4 is 0 Å². The lowest BCUT2D eigenvalue weighted by Gasteiger charge is -2.02. The number of hydrogen-bond donors (Lipinski definition) is 0. The highest BCUT2D eigenvalue weighted by Gasteiger charge is 2.10. The minimum absolute atomic E-state index is 0.303. The summed E-state index contributed by atoms with van der Waals surface area (Å²) in [4.78, 5) is 19.6. The summed E-state index contributed by atoms with van der Waals surface area (Å²) in [6.45, 7) is 2.22. The highest BCUT2D eigenvalue weighted by molar-refractivity contribution is 6.29. The van der Waals surface area contributed by atoms with Gasteiger partial charge in [0.1, 0.15) is 10.8 Å².